The van der Waals surface area contributed by atoms with Crippen LogP contribution >= 0.6 is 11.6 Å². The number of nitrogens with zero attached hydrogens (tertiary/aromatic N) is 2. The van der Waals surface area contributed by atoms with Crippen LogP contribution in [0.1, 0.15) is 6.42 Å². The Morgan fingerprint density at radius 2 is 2.37 bits per heavy atom. The molecule has 0 spiro atoms. The van der Waals surface area contributed by atoms with Gasteiger partial charge in [0.1, 0.15) is 11.7 Å². The van der Waals surface area contributed by atoms with Crippen molar-refractivity contribution in [2.45, 2.75) is 12.5 Å². The summed E-state index contributed by atoms with van der Waals surface area (Å²) in [6.45, 7) is 3.52. The fourth-order valence-electron chi connectivity index (χ4n) is 1.83. The molecular formula is C12H12ClN3O3. The maximum Gasteiger partial charge on any atom is 0.329 e. The lowest BCUT2D eigenvalue weighted by atomic mass is 10.2. The van der Waals surface area contributed by atoms with E-state index in [9.17, 15) is 9.59 Å². The molecule has 0 aliphatic carbocycles. The Kier molecular flexibility index (Phi) is 3.71. The van der Waals surface area contributed by atoms with E-state index in [1.54, 1.807) is 12.1 Å². The predicted octanol–water partition coefficient (Wildman–Crippen LogP) is 1.66. The summed E-state index contributed by atoms with van der Waals surface area (Å²) in [6.07, 6.45) is 1.70. The third-order valence-corrected chi connectivity index (χ3v) is 2.78. The van der Waals surface area contributed by atoms with Crippen LogP contribution in [0.15, 0.2) is 29.9 Å². The zero-order valence-corrected chi connectivity index (χ0v) is 11.0. The van der Waals surface area contributed by atoms with Crippen LogP contribution in [0.25, 0.3) is 0 Å². The number of ether oxygens (including phenoxy) is 1. The van der Waals surface area contributed by atoms with Crippen molar-refractivity contribution in [3.8, 4) is 5.88 Å². The summed E-state index contributed by atoms with van der Waals surface area (Å²) in [4.78, 5) is 29.0. The molecule has 1 saturated heterocycles. The first-order valence-corrected chi connectivity index (χ1v) is 5.89. The SMILES string of the molecule is C=C(Cl)CC1NC(=O)N(c2cccnc2OC)C1=O. The van der Waals surface area contributed by atoms with Crippen molar-refractivity contribution in [1.29, 1.82) is 0 Å². The van der Waals surface area contributed by atoms with Crippen molar-refractivity contribution in [3.05, 3.63) is 29.9 Å². The first-order chi connectivity index (χ1) is 9.04. The molecule has 1 unspecified atom stereocenters. The molecule has 19 heavy (non-hydrogen) atoms. The number of hydrogen-bond donors (Lipinski definition) is 1. The number of anilines is 1. The Balaban J connectivity index is 2.32. The average molecular weight is 282 g/mol. The second-order valence-electron chi connectivity index (χ2n) is 3.93. The number of urea groups is 1. The Morgan fingerprint density at radius 1 is 1.63 bits per heavy atom. The average Bonchev–Trinajstić information content (AvgIpc) is 2.64. The van der Waals surface area contributed by atoms with Crippen LogP contribution < -0.4 is 15.0 Å². The van der Waals surface area contributed by atoms with E-state index in [0.29, 0.717) is 10.7 Å². The highest BCUT2D eigenvalue weighted by Crippen LogP contribution is 2.29. The molecule has 1 N–H and O–H groups in total. The van der Waals surface area contributed by atoms with E-state index in [0.717, 1.165) is 4.90 Å². The molecule has 3 amide bonds. The van der Waals surface area contributed by atoms with Crippen LogP contribution in [0.5, 0.6) is 5.88 Å². The Bertz CT molecular complexity index is 547. The summed E-state index contributed by atoms with van der Waals surface area (Å²) in [5, 5.41) is 2.85. The highest BCUT2D eigenvalue weighted by Gasteiger charge is 2.40. The van der Waals surface area contributed by atoms with Crippen LogP contribution in [0.3, 0.4) is 0 Å². The molecule has 1 aliphatic heterocycles. The number of aromatic nitrogens is 1. The van der Waals surface area contributed by atoms with Gasteiger partial charge in [0, 0.05) is 17.6 Å². The topological polar surface area (TPSA) is 71.5 Å². The van der Waals surface area contributed by atoms with Gasteiger partial charge >= 0.3 is 6.03 Å². The molecule has 0 bridgehead atoms. The van der Waals surface area contributed by atoms with Gasteiger partial charge in [0.2, 0.25) is 5.88 Å². The third kappa shape index (κ3) is 2.53. The van der Waals surface area contributed by atoms with Crippen LogP contribution in [-0.2, 0) is 4.79 Å². The van der Waals surface area contributed by atoms with E-state index in [-0.39, 0.29) is 12.3 Å². The number of amides is 3. The standard InChI is InChI=1S/C12H12ClN3O3/c1-7(13)6-8-11(17)16(12(18)15-8)9-4-3-5-14-10(9)19-2/h3-5,8H,1,6H2,2H3,(H,15,18). The number of carbonyl (C=O) groups excluding carboxylic acids is 2. The quantitative estimate of drug-likeness (QED) is 0.852. The van der Waals surface area contributed by atoms with Crippen molar-refractivity contribution >= 4 is 29.2 Å². The normalized spacial score (nSPS) is 18.4. The van der Waals surface area contributed by atoms with Crippen molar-refractivity contribution in [2.24, 2.45) is 0 Å². The maximum absolute atomic E-state index is 12.2. The van der Waals surface area contributed by atoms with Gasteiger partial charge in [0.15, 0.2) is 0 Å². The fourth-order valence-corrected chi connectivity index (χ4v) is 1.98. The molecule has 2 heterocycles. The van der Waals surface area contributed by atoms with E-state index in [2.05, 4.69) is 16.9 Å². The number of hydrogen-bond acceptors (Lipinski definition) is 4. The number of carbonyl (C=O) groups is 2. The molecule has 0 aromatic carbocycles. The van der Waals surface area contributed by atoms with Gasteiger partial charge in [-0.15, -0.1) is 0 Å². The van der Waals surface area contributed by atoms with E-state index in [1.807, 2.05) is 0 Å². The minimum Gasteiger partial charge on any atom is -0.479 e. The molecule has 1 atom stereocenters. The van der Waals surface area contributed by atoms with Crippen molar-refractivity contribution in [1.82, 2.24) is 10.3 Å². The van der Waals surface area contributed by atoms with E-state index < -0.39 is 18.0 Å². The van der Waals surface area contributed by atoms with Gasteiger partial charge in [0.25, 0.3) is 5.91 Å². The molecule has 1 fully saturated rings. The number of halogens is 1. The molecule has 0 saturated carbocycles. The molecule has 6 nitrogen and oxygen atoms in total. The van der Waals surface area contributed by atoms with Crippen LogP contribution in [-0.4, -0.2) is 30.1 Å². The van der Waals surface area contributed by atoms with Gasteiger partial charge in [-0.25, -0.2) is 14.7 Å². The lowest BCUT2D eigenvalue weighted by molar-refractivity contribution is -0.118. The van der Waals surface area contributed by atoms with Gasteiger partial charge in [0.05, 0.1) is 7.11 Å². The van der Waals surface area contributed by atoms with Crippen molar-refractivity contribution in [3.63, 3.8) is 0 Å². The number of methoxy groups -OCH3 is 1. The van der Waals surface area contributed by atoms with Gasteiger partial charge in [-0.3, -0.25) is 4.79 Å². The second kappa shape index (κ2) is 5.27. The van der Waals surface area contributed by atoms with Gasteiger partial charge < -0.3 is 10.1 Å². The zero-order valence-electron chi connectivity index (χ0n) is 10.2. The maximum atomic E-state index is 12.2. The first-order valence-electron chi connectivity index (χ1n) is 5.51. The summed E-state index contributed by atoms with van der Waals surface area (Å²) < 4.78 is 5.04. The van der Waals surface area contributed by atoms with Gasteiger partial charge in [-0.1, -0.05) is 18.2 Å². The second-order valence-corrected chi connectivity index (χ2v) is 4.46. The largest absolute Gasteiger partial charge is 0.479 e. The molecule has 1 aromatic rings. The molecule has 1 aliphatic rings. The molecule has 2 rings (SSSR count). The summed E-state index contributed by atoms with van der Waals surface area (Å²) >= 11 is 5.67. The summed E-state index contributed by atoms with van der Waals surface area (Å²) in [5.41, 5.74) is 0.301. The number of imide groups is 1. The minimum absolute atomic E-state index is 0.186. The minimum atomic E-state index is -0.706. The fraction of sp³-hybridized carbons (Fsp3) is 0.250. The van der Waals surface area contributed by atoms with Gasteiger partial charge in [-0.05, 0) is 12.1 Å². The van der Waals surface area contributed by atoms with Gasteiger partial charge in [-0.2, -0.15) is 0 Å². The molecule has 1 aromatic heterocycles. The van der Waals surface area contributed by atoms with Crippen LogP contribution in [0.2, 0.25) is 0 Å². The smallest absolute Gasteiger partial charge is 0.329 e. The Hall–Kier alpha value is -2.08. The Morgan fingerprint density at radius 3 is 3.00 bits per heavy atom. The molecule has 7 heteroatoms. The van der Waals surface area contributed by atoms with E-state index >= 15 is 0 Å². The summed E-state index contributed by atoms with van der Waals surface area (Å²) in [7, 11) is 1.42. The van der Waals surface area contributed by atoms with E-state index in [1.165, 1.54) is 13.3 Å². The molecule has 0 radical (unpaired) electrons. The summed E-state index contributed by atoms with van der Waals surface area (Å²) in [6, 6.07) is 1.97. The zero-order chi connectivity index (χ0) is 14.0. The molecular weight excluding hydrogens is 270 g/mol. The lowest BCUT2D eigenvalue weighted by Crippen LogP contribution is -2.31. The Labute approximate surface area is 115 Å². The molecule has 100 valence electrons. The van der Waals surface area contributed by atoms with E-state index in [4.69, 9.17) is 16.3 Å². The number of nitrogens with one attached hydrogen (secondary N) is 1. The number of rotatable bonds is 4. The van der Waals surface area contributed by atoms with Crippen LogP contribution in [0.4, 0.5) is 10.5 Å². The van der Waals surface area contributed by atoms with Crippen LogP contribution in [0, 0.1) is 0 Å². The lowest BCUT2D eigenvalue weighted by Gasteiger charge is -2.15. The van der Waals surface area contributed by atoms with Crippen molar-refractivity contribution < 1.29 is 14.3 Å². The first kappa shape index (κ1) is 13.4. The predicted molar refractivity (Wildman–Crippen MR) is 70.2 cm³/mol. The monoisotopic (exact) mass is 281 g/mol. The third-order valence-electron chi connectivity index (χ3n) is 2.63. The summed E-state index contributed by atoms with van der Waals surface area (Å²) in [5.74, 6) is -0.200. The van der Waals surface area contributed by atoms with Crippen molar-refractivity contribution in [2.75, 3.05) is 12.0 Å². The highest BCUT2D eigenvalue weighted by atomic mass is 35.5. The highest BCUT2D eigenvalue weighted by molar-refractivity contribution is 6.30. The number of pyridine rings is 1.